The Hall–Kier alpha value is -1.71. The Bertz CT molecular complexity index is 671. The zero-order valence-electron chi connectivity index (χ0n) is 10.7. The highest BCUT2D eigenvalue weighted by molar-refractivity contribution is 6.34. The van der Waals surface area contributed by atoms with Crippen LogP contribution in [0.5, 0.6) is 0 Å². The van der Waals surface area contributed by atoms with Gasteiger partial charge in [-0.05, 0) is 29.3 Å². The van der Waals surface area contributed by atoms with Gasteiger partial charge in [0.05, 0.1) is 10.9 Å². The maximum Gasteiger partial charge on any atom is 0.173 e. The summed E-state index contributed by atoms with van der Waals surface area (Å²) in [5, 5.41) is 3.51. The van der Waals surface area contributed by atoms with Crippen LogP contribution in [0.15, 0.2) is 42.5 Å². The van der Waals surface area contributed by atoms with Crippen LogP contribution in [0.1, 0.15) is 27.4 Å². The number of carbonyl (C=O) groups is 1. The van der Waals surface area contributed by atoms with Crippen LogP contribution in [0.4, 0.5) is 4.39 Å². The Labute approximate surface area is 121 Å². The van der Waals surface area contributed by atoms with Gasteiger partial charge in [-0.15, -0.1) is 0 Å². The number of carbonyl (C=O) groups excluding carboxylic acids is 1. The summed E-state index contributed by atoms with van der Waals surface area (Å²) in [6.45, 7) is 1.29. The summed E-state index contributed by atoms with van der Waals surface area (Å²) < 4.78 is 13.3. The second-order valence-electron chi connectivity index (χ2n) is 4.87. The minimum absolute atomic E-state index is 0.144. The van der Waals surface area contributed by atoms with E-state index in [2.05, 4.69) is 5.32 Å². The fourth-order valence-corrected chi connectivity index (χ4v) is 2.81. The third kappa shape index (κ3) is 2.35. The maximum atomic E-state index is 13.3. The topological polar surface area (TPSA) is 29.1 Å². The molecule has 2 aromatic rings. The van der Waals surface area contributed by atoms with Crippen LogP contribution in [0.3, 0.4) is 0 Å². The first-order valence-electron chi connectivity index (χ1n) is 6.44. The molecule has 1 aliphatic heterocycles. The van der Waals surface area contributed by atoms with Crippen molar-refractivity contribution in [2.24, 2.45) is 0 Å². The molecule has 102 valence electrons. The number of halogens is 2. The summed E-state index contributed by atoms with van der Waals surface area (Å²) >= 11 is 6.03. The van der Waals surface area contributed by atoms with Gasteiger partial charge in [-0.2, -0.15) is 0 Å². The number of Topliss-reactive ketones (excluding diaryl/α,β-unsaturated/α-hetero) is 1. The summed E-state index contributed by atoms with van der Waals surface area (Å²) in [5.74, 6) is -0.914. The quantitative estimate of drug-likeness (QED) is 0.857. The summed E-state index contributed by atoms with van der Waals surface area (Å²) in [7, 11) is 0. The normalized spacial score (nSPS) is 17.6. The molecule has 0 saturated heterocycles. The Balaban J connectivity index is 2.02. The Morgan fingerprint density at radius 2 is 2.05 bits per heavy atom. The molecule has 1 heterocycles. The predicted octanol–water partition coefficient (Wildman–Crippen LogP) is 3.55. The molecule has 3 rings (SSSR count). The van der Waals surface area contributed by atoms with Crippen molar-refractivity contribution in [1.29, 1.82) is 0 Å². The van der Waals surface area contributed by atoms with Gasteiger partial charge >= 0.3 is 0 Å². The maximum absolute atomic E-state index is 13.3. The number of benzene rings is 2. The van der Waals surface area contributed by atoms with E-state index in [0.717, 1.165) is 17.7 Å². The molecule has 2 nitrogen and oxygen atoms in total. The minimum Gasteiger partial charge on any atom is -0.312 e. The molecule has 2 aromatic carbocycles. The van der Waals surface area contributed by atoms with E-state index in [4.69, 9.17) is 11.6 Å². The monoisotopic (exact) mass is 289 g/mol. The van der Waals surface area contributed by atoms with Gasteiger partial charge < -0.3 is 5.32 Å². The Kier molecular flexibility index (Phi) is 3.55. The van der Waals surface area contributed by atoms with Crippen LogP contribution < -0.4 is 5.32 Å². The first kappa shape index (κ1) is 13.3. The van der Waals surface area contributed by atoms with Crippen LogP contribution in [0.25, 0.3) is 0 Å². The summed E-state index contributed by atoms with van der Waals surface area (Å²) in [6, 6.07) is 11.7. The molecule has 0 bridgehead atoms. The van der Waals surface area contributed by atoms with Crippen LogP contribution >= 0.6 is 11.6 Å². The zero-order chi connectivity index (χ0) is 14.1. The van der Waals surface area contributed by atoms with Gasteiger partial charge in [0.1, 0.15) is 5.82 Å². The molecule has 0 saturated carbocycles. The van der Waals surface area contributed by atoms with Crippen molar-refractivity contribution >= 4 is 17.4 Å². The summed E-state index contributed by atoms with van der Waals surface area (Å²) in [6.07, 6.45) is 0. The molecule has 0 fully saturated rings. The van der Waals surface area contributed by atoms with Gasteiger partial charge in [0.25, 0.3) is 0 Å². The highest BCUT2D eigenvalue weighted by atomic mass is 35.5. The standard InChI is InChI=1S/C16H13ClFNO/c17-15-6-5-11(18)7-13(15)16(20)14-9-19-8-10-3-1-2-4-12(10)14/h1-7,14,19H,8-9H2. The van der Waals surface area contributed by atoms with E-state index in [-0.39, 0.29) is 17.3 Å². The van der Waals surface area contributed by atoms with E-state index in [9.17, 15) is 9.18 Å². The highest BCUT2D eigenvalue weighted by Crippen LogP contribution is 2.29. The molecule has 0 aliphatic carbocycles. The van der Waals surface area contributed by atoms with E-state index in [0.29, 0.717) is 11.6 Å². The first-order chi connectivity index (χ1) is 9.66. The Morgan fingerprint density at radius 3 is 2.90 bits per heavy atom. The van der Waals surface area contributed by atoms with Crippen molar-refractivity contribution in [3.63, 3.8) is 0 Å². The van der Waals surface area contributed by atoms with Gasteiger partial charge in [-0.25, -0.2) is 4.39 Å². The van der Waals surface area contributed by atoms with Gasteiger partial charge in [0.15, 0.2) is 5.78 Å². The van der Waals surface area contributed by atoms with E-state index < -0.39 is 5.82 Å². The van der Waals surface area contributed by atoms with Gasteiger partial charge in [0, 0.05) is 18.7 Å². The highest BCUT2D eigenvalue weighted by Gasteiger charge is 2.28. The number of nitrogens with one attached hydrogen (secondary N) is 1. The van der Waals surface area contributed by atoms with Gasteiger partial charge in [-0.1, -0.05) is 35.9 Å². The van der Waals surface area contributed by atoms with Crippen LogP contribution in [0, 0.1) is 5.82 Å². The molecular formula is C16H13ClFNO. The van der Waals surface area contributed by atoms with E-state index >= 15 is 0 Å². The number of fused-ring (bicyclic) bond motifs is 1. The van der Waals surface area contributed by atoms with Crippen molar-refractivity contribution in [2.75, 3.05) is 6.54 Å². The number of ketones is 1. The van der Waals surface area contributed by atoms with Gasteiger partial charge in [-0.3, -0.25) is 4.79 Å². The zero-order valence-corrected chi connectivity index (χ0v) is 11.5. The average molecular weight is 290 g/mol. The minimum atomic E-state index is -0.449. The largest absolute Gasteiger partial charge is 0.312 e. The van der Waals surface area contributed by atoms with Crippen LogP contribution in [-0.2, 0) is 6.54 Å². The predicted molar refractivity (Wildman–Crippen MR) is 76.6 cm³/mol. The number of hydrogen-bond donors (Lipinski definition) is 1. The van der Waals surface area contributed by atoms with E-state index in [1.807, 2.05) is 24.3 Å². The van der Waals surface area contributed by atoms with E-state index in [1.54, 1.807) is 0 Å². The third-order valence-electron chi connectivity index (χ3n) is 3.60. The first-order valence-corrected chi connectivity index (χ1v) is 6.82. The lowest BCUT2D eigenvalue weighted by Crippen LogP contribution is -2.32. The molecule has 0 spiro atoms. The molecule has 1 atom stereocenters. The molecular weight excluding hydrogens is 277 g/mol. The third-order valence-corrected chi connectivity index (χ3v) is 3.93. The SMILES string of the molecule is O=C(c1cc(F)ccc1Cl)C1CNCc2ccccc21. The van der Waals surface area contributed by atoms with Crippen molar-refractivity contribution < 1.29 is 9.18 Å². The van der Waals surface area contributed by atoms with Crippen LogP contribution in [-0.4, -0.2) is 12.3 Å². The van der Waals surface area contributed by atoms with Crippen LogP contribution in [0.2, 0.25) is 5.02 Å². The molecule has 4 heteroatoms. The van der Waals surface area contributed by atoms with Crippen molar-refractivity contribution in [2.45, 2.75) is 12.5 Å². The average Bonchev–Trinajstić information content (AvgIpc) is 2.48. The molecule has 0 radical (unpaired) electrons. The fraction of sp³-hybridized carbons (Fsp3) is 0.188. The lowest BCUT2D eigenvalue weighted by molar-refractivity contribution is 0.0954. The molecule has 1 aliphatic rings. The van der Waals surface area contributed by atoms with Gasteiger partial charge in [0.2, 0.25) is 0 Å². The van der Waals surface area contributed by atoms with E-state index in [1.165, 1.54) is 18.2 Å². The van der Waals surface area contributed by atoms with Crippen molar-refractivity contribution in [3.05, 3.63) is 70.0 Å². The second-order valence-corrected chi connectivity index (χ2v) is 5.28. The lowest BCUT2D eigenvalue weighted by Gasteiger charge is -2.25. The fourth-order valence-electron chi connectivity index (χ4n) is 2.60. The number of rotatable bonds is 2. The summed E-state index contributed by atoms with van der Waals surface area (Å²) in [5.41, 5.74) is 2.34. The lowest BCUT2D eigenvalue weighted by atomic mass is 9.85. The van der Waals surface area contributed by atoms with Crippen molar-refractivity contribution in [1.82, 2.24) is 5.32 Å². The molecule has 0 aromatic heterocycles. The molecule has 1 unspecified atom stereocenters. The Morgan fingerprint density at radius 1 is 1.25 bits per heavy atom. The summed E-state index contributed by atoms with van der Waals surface area (Å²) in [4.78, 5) is 12.6. The van der Waals surface area contributed by atoms with Crippen molar-refractivity contribution in [3.8, 4) is 0 Å². The number of hydrogen-bond acceptors (Lipinski definition) is 2. The second kappa shape index (κ2) is 5.35. The molecule has 0 amide bonds. The molecule has 20 heavy (non-hydrogen) atoms. The smallest absolute Gasteiger partial charge is 0.173 e. The molecule has 1 N–H and O–H groups in total.